The van der Waals surface area contributed by atoms with E-state index in [1.54, 1.807) is 12.4 Å². The molecule has 0 unspecified atom stereocenters. The van der Waals surface area contributed by atoms with Gasteiger partial charge in [-0.2, -0.15) is 10.5 Å². The van der Waals surface area contributed by atoms with E-state index >= 15 is 0 Å². The Morgan fingerprint density at radius 2 is 0.944 bits per heavy atom. The van der Waals surface area contributed by atoms with Gasteiger partial charge in [0, 0.05) is 50.0 Å². The van der Waals surface area contributed by atoms with Crippen molar-refractivity contribution in [3.63, 3.8) is 0 Å². The second-order valence-corrected chi connectivity index (χ2v) is 10.2. The van der Waals surface area contributed by atoms with Gasteiger partial charge in [-0.25, -0.2) is 9.98 Å². The minimum absolute atomic E-state index is 0.0483. The van der Waals surface area contributed by atoms with E-state index in [-0.39, 0.29) is 11.4 Å². The van der Waals surface area contributed by atoms with Crippen LogP contribution < -0.4 is 9.80 Å². The Morgan fingerprint density at radius 1 is 0.611 bits per heavy atom. The molecule has 6 heteroatoms. The van der Waals surface area contributed by atoms with Crippen LogP contribution in [0.2, 0.25) is 0 Å². The minimum atomic E-state index is 0.0483. The summed E-state index contributed by atoms with van der Waals surface area (Å²) in [5.74, 6) is 0. The molecule has 0 radical (unpaired) electrons. The number of aryl methyl sites for hydroxylation is 4. The number of allylic oxidation sites excluding steroid dienone is 2. The number of hydrogen-bond acceptors (Lipinski definition) is 6. The molecule has 0 spiro atoms. The van der Waals surface area contributed by atoms with E-state index in [9.17, 15) is 10.5 Å². The highest BCUT2D eigenvalue weighted by Gasteiger charge is 2.25. The maximum absolute atomic E-state index is 9.76. The van der Waals surface area contributed by atoms with E-state index in [1.807, 2.05) is 0 Å². The number of aliphatic imine (C=N–C) groups is 2. The van der Waals surface area contributed by atoms with Crippen molar-refractivity contribution >= 4 is 23.8 Å². The third-order valence-corrected chi connectivity index (χ3v) is 7.83. The van der Waals surface area contributed by atoms with Crippen LogP contribution in [0.25, 0.3) is 0 Å². The summed E-state index contributed by atoms with van der Waals surface area (Å²) < 4.78 is 0. The summed E-state index contributed by atoms with van der Waals surface area (Å²) in [6, 6.07) is 12.9. The van der Waals surface area contributed by atoms with Crippen molar-refractivity contribution in [2.24, 2.45) is 9.98 Å². The smallest absolute Gasteiger partial charge is 0.176 e. The summed E-state index contributed by atoms with van der Waals surface area (Å²) in [7, 11) is 0. The fraction of sp³-hybridized carbons (Fsp3) is 0.400. The summed E-state index contributed by atoms with van der Waals surface area (Å²) in [6.45, 7) is 4.56. The first-order valence-electron chi connectivity index (χ1n) is 13.2. The van der Waals surface area contributed by atoms with E-state index < -0.39 is 0 Å². The molecule has 36 heavy (non-hydrogen) atoms. The van der Waals surface area contributed by atoms with Crippen LogP contribution in [-0.4, -0.2) is 38.6 Å². The Balaban J connectivity index is 1.28. The van der Waals surface area contributed by atoms with Crippen molar-refractivity contribution in [3.05, 3.63) is 69.0 Å². The van der Waals surface area contributed by atoms with Crippen molar-refractivity contribution in [1.82, 2.24) is 0 Å². The third-order valence-electron chi connectivity index (χ3n) is 7.83. The number of nitrogens with zero attached hydrogens (tertiary/aromatic N) is 6. The van der Waals surface area contributed by atoms with Gasteiger partial charge in [0.15, 0.2) is 11.4 Å². The Hall–Kier alpha value is -3.90. The molecule has 0 N–H and O–H groups in total. The molecule has 0 bridgehead atoms. The molecule has 6 nitrogen and oxygen atoms in total. The second-order valence-electron chi connectivity index (χ2n) is 10.2. The average molecular weight is 475 g/mol. The average Bonchev–Trinajstić information content (AvgIpc) is 2.91. The number of benzene rings is 2. The standard InChI is InChI=1S/C30H30N6/c31-17-27(33-19-21-13-23-5-1-9-35-10-2-6-24(14-21)29(23)35)28(18-32)34-20-22-15-25-7-3-11-36-12-4-8-26(16-22)30(25)36/h13-16,19-20H,1-12H2/b28-27+,33-19?,34-20?. The molecule has 2 aromatic carbocycles. The molecule has 0 fully saturated rings. The lowest BCUT2D eigenvalue weighted by Gasteiger charge is -2.37. The van der Waals surface area contributed by atoms with E-state index in [0.717, 1.165) is 63.0 Å². The minimum Gasteiger partial charge on any atom is -0.371 e. The SMILES string of the molecule is N#C/C(N=Cc1cc2c3c(c1)CCCN3CCC2)=C(/C#N)N=Cc1cc2c3c(c1)CCCN3CCC2. The second kappa shape index (κ2) is 9.63. The van der Waals surface area contributed by atoms with Crippen LogP contribution in [0, 0.1) is 22.7 Å². The highest BCUT2D eigenvalue weighted by molar-refractivity contribution is 5.85. The van der Waals surface area contributed by atoms with Gasteiger partial charge in [-0.05, 0) is 109 Å². The number of hydrogen-bond donors (Lipinski definition) is 0. The van der Waals surface area contributed by atoms with Gasteiger partial charge in [-0.15, -0.1) is 0 Å². The normalized spacial score (nSPS) is 18.9. The first-order valence-corrected chi connectivity index (χ1v) is 13.2. The van der Waals surface area contributed by atoms with Gasteiger partial charge in [0.2, 0.25) is 0 Å². The van der Waals surface area contributed by atoms with E-state index in [2.05, 4.69) is 56.2 Å². The van der Waals surface area contributed by atoms with Crippen molar-refractivity contribution < 1.29 is 0 Å². The zero-order valence-corrected chi connectivity index (χ0v) is 20.6. The van der Waals surface area contributed by atoms with Gasteiger partial charge in [-0.1, -0.05) is 0 Å². The van der Waals surface area contributed by atoms with Crippen LogP contribution in [-0.2, 0) is 25.7 Å². The molecule has 2 aromatic rings. The van der Waals surface area contributed by atoms with Gasteiger partial charge < -0.3 is 9.80 Å². The van der Waals surface area contributed by atoms with E-state index in [1.165, 1.54) is 59.3 Å². The summed E-state index contributed by atoms with van der Waals surface area (Å²) in [4.78, 5) is 13.9. The molecule has 4 heterocycles. The predicted octanol–water partition coefficient (Wildman–Crippen LogP) is 4.88. The van der Waals surface area contributed by atoms with Crippen molar-refractivity contribution in [2.75, 3.05) is 36.0 Å². The van der Waals surface area contributed by atoms with Crippen LogP contribution in [0.4, 0.5) is 11.4 Å². The molecule has 6 rings (SSSR count). The molecule has 0 aromatic heterocycles. The maximum Gasteiger partial charge on any atom is 0.176 e. The van der Waals surface area contributed by atoms with Crippen LogP contribution in [0.5, 0.6) is 0 Å². The molecule has 4 aliphatic heterocycles. The van der Waals surface area contributed by atoms with Gasteiger partial charge in [-0.3, -0.25) is 0 Å². The zero-order valence-electron chi connectivity index (χ0n) is 20.6. The highest BCUT2D eigenvalue weighted by Crippen LogP contribution is 2.37. The Bertz CT molecular complexity index is 1220. The first kappa shape index (κ1) is 22.6. The summed E-state index contributed by atoms with van der Waals surface area (Å²) in [5, 5.41) is 19.5. The fourth-order valence-electron chi connectivity index (χ4n) is 6.37. The molecular weight excluding hydrogens is 444 g/mol. The molecule has 180 valence electrons. The molecule has 0 atom stereocenters. The van der Waals surface area contributed by atoms with Crippen LogP contribution in [0.1, 0.15) is 59.1 Å². The van der Waals surface area contributed by atoms with Crippen LogP contribution in [0.15, 0.2) is 45.6 Å². The molecular formula is C30H30N6. The lowest BCUT2D eigenvalue weighted by atomic mass is 9.90. The maximum atomic E-state index is 9.76. The van der Waals surface area contributed by atoms with Gasteiger partial charge in [0.05, 0.1) is 0 Å². The number of nitriles is 2. The molecule has 0 saturated carbocycles. The number of rotatable bonds is 4. The Kier molecular flexibility index (Phi) is 6.03. The van der Waals surface area contributed by atoms with E-state index in [4.69, 9.17) is 0 Å². The molecule has 4 aliphatic rings. The lowest BCUT2D eigenvalue weighted by molar-refractivity contribution is 0.634. The topological polar surface area (TPSA) is 78.8 Å². The van der Waals surface area contributed by atoms with Crippen molar-refractivity contribution in [1.29, 1.82) is 10.5 Å². The predicted molar refractivity (Wildman–Crippen MR) is 144 cm³/mol. The summed E-state index contributed by atoms with van der Waals surface area (Å²) in [6.07, 6.45) is 12.4. The largest absolute Gasteiger partial charge is 0.371 e. The molecule has 0 saturated heterocycles. The van der Waals surface area contributed by atoms with Crippen molar-refractivity contribution in [2.45, 2.75) is 51.4 Å². The van der Waals surface area contributed by atoms with Gasteiger partial charge in [0.25, 0.3) is 0 Å². The Morgan fingerprint density at radius 3 is 1.25 bits per heavy atom. The lowest BCUT2D eigenvalue weighted by Crippen LogP contribution is -2.34. The van der Waals surface area contributed by atoms with Crippen LogP contribution in [0.3, 0.4) is 0 Å². The molecule has 0 aliphatic carbocycles. The summed E-state index contributed by atoms with van der Waals surface area (Å²) in [5.41, 5.74) is 10.4. The monoisotopic (exact) mass is 474 g/mol. The van der Waals surface area contributed by atoms with Gasteiger partial charge in [0.1, 0.15) is 12.1 Å². The Labute approximate surface area is 212 Å². The highest BCUT2D eigenvalue weighted by atomic mass is 15.1. The molecule has 0 amide bonds. The van der Waals surface area contributed by atoms with Crippen molar-refractivity contribution in [3.8, 4) is 12.1 Å². The third kappa shape index (κ3) is 4.18. The number of anilines is 2. The summed E-state index contributed by atoms with van der Waals surface area (Å²) >= 11 is 0. The zero-order chi connectivity index (χ0) is 24.5. The quantitative estimate of drug-likeness (QED) is 0.467. The van der Waals surface area contributed by atoms with Gasteiger partial charge >= 0.3 is 0 Å². The first-order chi connectivity index (χ1) is 17.7. The van der Waals surface area contributed by atoms with E-state index in [0.29, 0.717) is 0 Å². The van der Waals surface area contributed by atoms with Crippen LogP contribution >= 0.6 is 0 Å². The fourth-order valence-corrected chi connectivity index (χ4v) is 6.37.